The van der Waals surface area contributed by atoms with Crippen LogP contribution in [-0.2, 0) is 6.42 Å². The van der Waals surface area contributed by atoms with E-state index in [9.17, 15) is 8.78 Å². The van der Waals surface area contributed by atoms with Crippen molar-refractivity contribution in [3.05, 3.63) is 57.8 Å². The Bertz CT molecular complexity index is 544. The van der Waals surface area contributed by atoms with Gasteiger partial charge in [0.25, 0.3) is 0 Å². The summed E-state index contributed by atoms with van der Waals surface area (Å²) in [4.78, 5) is 1.36. The first kappa shape index (κ1) is 13.7. The number of hydrogen-bond acceptors (Lipinski definition) is 2. The highest BCUT2D eigenvalue weighted by molar-refractivity contribution is 7.10. The van der Waals surface area contributed by atoms with E-state index >= 15 is 0 Å². The van der Waals surface area contributed by atoms with Crippen LogP contribution >= 0.6 is 11.3 Å². The van der Waals surface area contributed by atoms with Crippen molar-refractivity contribution in [3.8, 4) is 0 Å². The molecule has 1 N–H and O–H groups in total. The van der Waals surface area contributed by atoms with Crippen LogP contribution in [0.1, 0.15) is 29.3 Å². The van der Waals surface area contributed by atoms with Gasteiger partial charge in [0, 0.05) is 17.0 Å². The van der Waals surface area contributed by atoms with Crippen molar-refractivity contribution in [3.63, 3.8) is 0 Å². The molecule has 1 unspecified atom stereocenters. The Labute approximate surface area is 121 Å². The van der Waals surface area contributed by atoms with Crippen LogP contribution in [0.4, 0.5) is 8.78 Å². The minimum atomic E-state index is -0.503. The summed E-state index contributed by atoms with van der Waals surface area (Å²) in [6, 6.07) is 8.34. The first-order valence-corrected chi connectivity index (χ1v) is 7.82. The van der Waals surface area contributed by atoms with Crippen molar-refractivity contribution < 1.29 is 8.78 Å². The zero-order valence-corrected chi connectivity index (χ0v) is 11.9. The highest BCUT2D eigenvalue weighted by Crippen LogP contribution is 2.42. The molecule has 1 nitrogen and oxygen atoms in total. The van der Waals surface area contributed by atoms with Gasteiger partial charge in [0.05, 0.1) is 0 Å². The maximum Gasteiger partial charge on any atom is 0.126 e. The van der Waals surface area contributed by atoms with Gasteiger partial charge in [-0.3, -0.25) is 0 Å². The fourth-order valence-corrected chi connectivity index (χ4v) is 3.42. The zero-order valence-electron chi connectivity index (χ0n) is 11.1. The summed E-state index contributed by atoms with van der Waals surface area (Å²) in [6.45, 7) is 0.738. The van der Waals surface area contributed by atoms with Crippen LogP contribution in [0.2, 0.25) is 0 Å². The number of halogens is 2. The fourth-order valence-electron chi connectivity index (χ4n) is 2.52. The zero-order chi connectivity index (χ0) is 13.9. The van der Waals surface area contributed by atoms with Crippen molar-refractivity contribution in [1.29, 1.82) is 0 Å². The van der Waals surface area contributed by atoms with Crippen LogP contribution in [-0.4, -0.2) is 6.54 Å². The minimum absolute atomic E-state index is 0.397. The molecule has 0 radical (unpaired) electrons. The molecule has 1 aromatic carbocycles. The molecule has 0 saturated heterocycles. The second-order valence-electron chi connectivity index (χ2n) is 5.31. The second-order valence-corrected chi connectivity index (χ2v) is 6.29. The fraction of sp³-hybridized carbons (Fsp3) is 0.375. The van der Waals surface area contributed by atoms with Crippen molar-refractivity contribution in [2.24, 2.45) is 5.92 Å². The molecule has 106 valence electrons. The van der Waals surface area contributed by atoms with Crippen LogP contribution in [0.3, 0.4) is 0 Å². The van der Waals surface area contributed by atoms with E-state index in [-0.39, 0.29) is 0 Å². The molecule has 3 rings (SSSR count). The van der Waals surface area contributed by atoms with Gasteiger partial charge in [0.2, 0.25) is 0 Å². The molecule has 1 fully saturated rings. The summed E-state index contributed by atoms with van der Waals surface area (Å²) in [5, 5.41) is 5.63. The third-order valence-electron chi connectivity index (χ3n) is 3.64. The van der Waals surface area contributed by atoms with Gasteiger partial charge in [-0.15, -0.1) is 11.3 Å². The summed E-state index contributed by atoms with van der Waals surface area (Å²) in [5.74, 6) is -0.285. The molecule has 1 aliphatic carbocycles. The quantitative estimate of drug-likeness (QED) is 0.837. The molecule has 1 aromatic heterocycles. The molecule has 4 heteroatoms. The van der Waals surface area contributed by atoms with E-state index in [4.69, 9.17) is 0 Å². The highest BCUT2D eigenvalue weighted by Gasteiger charge is 2.32. The lowest BCUT2D eigenvalue weighted by Crippen LogP contribution is -2.24. The molecule has 1 aliphatic rings. The highest BCUT2D eigenvalue weighted by atomic mass is 32.1. The van der Waals surface area contributed by atoms with Crippen LogP contribution in [0.5, 0.6) is 0 Å². The molecule has 1 saturated carbocycles. The van der Waals surface area contributed by atoms with E-state index < -0.39 is 11.6 Å². The van der Waals surface area contributed by atoms with Crippen LogP contribution in [0.15, 0.2) is 35.7 Å². The number of rotatable bonds is 6. The van der Waals surface area contributed by atoms with Crippen LogP contribution in [0.25, 0.3) is 0 Å². The first-order valence-electron chi connectivity index (χ1n) is 6.94. The maximum atomic E-state index is 13.1. The van der Waals surface area contributed by atoms with Gasteiger partial charge < -0.3 is 5.32 Å². The van der Waals surface area contributed by atoms with Crippen LogP contribution < -0.4 is 5.32 Å². The van der Waals surface area contributed by atoms with Gasteiger partial charge >= 0.3 is 0 Å². The molecule has 1 atom stereocenters. The SMILES string of the molecule is Fc1cc(F)cc(CCNC(c2cccs2)C2CC2)c1. The minimum Gasteiger partial charge on any atom is -0.309 e. The van der Waals surface area contributed by atoms with Crippen molar-refractivity contribution in [2.75, 3.05) is 6.54 Å². The van der Waals surface area contributed by atoms with E-state index in [0.29, 0.717) is 18.0 Å². The van der Waals surface area contributed by atoms with E-state index in [1.54, 1.807) is 11.3 Å². The largest absolute Gasteiger partial charge is 0.309 e. The molecule has 1 heterocycles. The average Bonchev–Trinajstić information content (AvgIpc) is 3.08. The lowest BCUT2D eigenvalue weighted by atomic mass is 10.1. The van der Waals surface area contributed by atoms with Crippen molar-refractivity contribution in [1.82, 2.24) is 5.32 Å². The molecule has 20 heavy (non-hydrogen) atoms. The molecular weight excluding hydrogens is 276 g/mol. The van der Waals surface area contributed by atoms with Gasteiger partial charge in [-0.1, -0.05) is 6.07 Å². The normalized spacial score (nSPS) is 16.3. The number of nitrogens with one attached hydrogen (secondary N) is 1. The monoisotopic (exact) mass is 293 g/mol. The Morgan fingerprint density at radius 3 is 2.55 bits per heavy atom. The summed E-state index contributed by atoms with van der Waals surface area (Å²) < 4.78 is 26.2. The van der Waals surface area contributed by atoms with Crippen molar-refractivity contribution in [2.45, 2.75) is 25.3 Å². The predicted octanol–water partition coefficient (Wildman–Crippen LogP) is 4.31. The molecule has 0 amide bonds. The maximum absolute atomic E-state index is 13.1. The topological polar surface area (TPSA) is 12.0 Å². The molecule has 0 aliphatic heterocycles. The summed E-state index contributed by atoms with van der Waals surface area (Å²) in [5.41, 5.74) is 0.704. The van der Waals surface area contributed by atoms with E-state index in [2.05, 4.69) is 22.8 Å². The Morgan fingerprint density at radius 1 is 1.20 bits per heavy atom. The van der Waals surface area contributed by atoms with Crippen molar-refractivity contribution >= 4 is 11.3 Å². The molecule has 0 spiro atoms. The number of thiophene rings is 1. The summed E-state index contributed by atoms with van der Waals surface area (Å²) >= 11 is 1.77. The van der Waals surface area contributed by atoms with E-state index in [1.807, 2.05) is 0 Å². The number of benzene rings is 1. The lowest BCUT2D eigenvalue weighted by Gasteiger charge is -2.16. The second kappa shape index (κ2) is 6.02. The van der Waals surface area contributed by atoms with Crippen LogP contribution in [0, 0.1) is 17.6 Å². The lowest BCUT2D eigenvalue weighted by molar-refractivity contribution is 0.490. The summed E-state index contributed by atoms with van der Waals surface area (Å²) in [6.07, 6.45) is 3.18. The Morgan fingerprint density at radius 2 is 1.95 bits per heavy atom. The molecular formula is C16H17F2NS. The van der Waals surface area contributed by atoms with E-state index in [1.165, 1.54) is 29.9 Å². The Kier molecular flexibility index (Phi) is 4.13. The smallest absolute Gasteiger partial charge is 0.126 e. The molecule has 2 aromatic rings. The Hall–Kier alpha value is -1.26. The Balaban J connectivity index is 1.58. The predicted molar refractivity (Wildman–Crippen MR) is 77.8 cm³/mol. The van der Waals surface area contributed by atoms with Gasteiger partial charge in [-0.05, 0) is 60.9 Å². The molecule has 0 bridgehead atoms. The summed E-state index contributed by atoms with van der Waals surface area (Å²) in [7, 11) is 0. The van der Waals surface area contributed by atoms with Gasteiger partial charge in [-0.25, -0.2) is 8.78 Å². The third-order valence-corrected chi connectivity index (χ3v) is 4.60. The van der Waals surface area contributed by atoms with E-state index in [0.717, 1.165) is 18.5 Å². The van der Waals surface area contributed by atoms with Gasteiger partial charge in [0.1, 0.15) is 11.6 Å². The number of hydrogen-bond donors (Lipinski definition) is 1. The third kappa shape index (κ3) is 3.44. The van der Waals surface area contributed by atoms with Gasteiger partial charge in [0.15, 0.2) is 0 Å². The average molecular weight is 293 g/mol. The standard InChI is InChI=1S/C16H17F2NS/c17-13-8-11(9-14(18)10-13)5-6-19-16(12-3-4-12)15-2-1-7-20-15/h1-2,7-10,12,16,19H,3-6H2. The van der Waals surface area contributed by atoms with Gasteiger partial charge in [-0.2, -0.15) is 0 Å². The first-order chi connectivity index (χ1) is 9.72.